The number of hydrogen-bond donors (Lipinski definition) is 3. The van der Waals surface area contributed by atoms with Gasteiger partial charge in [0.15, 0.2) is 0 Å². The van der Waals surface area contributed by atoms with E-state index < -0.39 is 21.8 Å². The molecule has 35 heavy (non-hydrogen) atoms. The first-order chi connectivity index (χ1) is 16.7. The smallest absolute Gasteiger partial charge is 0.319 e. The second-order valence-corrected chi connectivity index (χ2v) is 10.1. The summed E-state index contributed by atoms with van der Waals surface area (Å²) in [5, 5.41) is 3.18. The van der Waals surface area contributed by atoms with Crippen LogP contribution in [0.2, 0.25) is 0 Å². The summed E-state index contributed by atoms with van der Waals surface area (Å²) < 4.78 is 52.1. The van der Waals surface area contributed by atoms with Crippen molar-refractivity contribution in [1.29, 1.82) is 0 Å². The van der Waals surface area contributed by atoms with Crippen LogP contribution in [0.5, 0.6) is 0 Å². The van der Waals surface area contributed by atoms with Crippen molar-refractivity contribution in [2.24, 2.45) is 5.73 Å². The number of amides is 1. The minimum absolute atomic E-state index is 0.0780. The minimum atomic E-state index is -3.75. The molecule has 0 bridgehead atoms. The SMILES string of the molecule is CNC(=O)c1c(-c2ccc(F)cc2)oc2cc(CS(=O)(=O)NCCOC(=O)CN)c(C3CC3)cc12. The number of halogens is 1. The third kappa shape index (κ3) is 5.69. The van der Waals surface area contributed by atoms with E-state index in [1.54, 1.807) is 6.07 Å². The van der Waals surface area contributed by atoms with Crippen molar-refractivity contribution in [3.63, 3.8) is 0 Å². The monoisotopic (exact) mass is 503 g/mol. The number of nitrogens with one attached hydrogen (secondary N) is 2. The molecule has 3 aromatic rings. The molecular formula is C24H26FN3O6S. The second-order valence-electron chi connectivity index (χ2n) is 8.29. The normalized spacial score (nSPS) is 13.7. The highest BCUT2D eigenvalue weighted by molar-refractivity contribution is 7.88. The van der Waals surface area contributed by atoms with Crippen LogP contribution in [-0.2, 0) is 25.3 Å². The Kier molecular flexibility index (Phi) is 7.20. The van der Waals surface area contributed by atoms with Crippen LogP contribution in [0.1, 0.15) is 40.2 Å². The molecule has 1 heterocycles. The zero-order chi connectivity index (χ0) is 25.2. The van der Waals surface area contributed by atoms with Crippen molar-refractivity contribution in [3.05, 3.63) is 58.9 Å². The number of ether oxygens (including phenoxy) is 1. The zero-order valence-electron chi connectivity index (χ0n) is 19.1. The topological polar surface area (TPSA) is 141 Å². The minimum Gasteiger partial charge on any atom is -0.463 e. The highest BCUT2D eigenvalue weighted by Gasteiger charge is 2.30. The van der Waals surface area contributed by atoms with Crippen molar-refractivity contribution in [2.75, 3.05) is 26.7 Å². The van der Waals surface area contributed by atoms with Gasteiger partial charge in [0.05, 0.1) is 17.9 Å². The Hall–Kier alpha value is -3.28. The van der Waals surface area contributed by atoms with Gasteiger partial charge in [-0.2, -0.15) is 0 Å². The van der Waals surface area contributed by atoms with Crippen LogP contribution in [0.25, 0.3) is 22.3 Å². The summed E-state index contributed by atoms with van der Waals surface area (Å²) in [5.74, 6) is -1.23. The quantitative estimate of drug-likeness (QED) is 0.285. The number of fused-ring (bicyclic) bond motifs is 1. The van der Waals surface area contributed by atoms with Crippen LogP contribution in [0.15, 0.2) is 40.8 Å². The van der Waals surface area contributed by atoms with Gasteiger partial charge in [-0.1, -0.05) is 0 Å². The van der Waals surface area contributed by atoms with Crippen LogP contribution >= 0.6 is 0 Å². The number of nitrogens with two attached hydrogens (primary N) is 1. The Labute approximate surface area is 201 Å². The molecule has 186 valence electrons. The molecule has 1 saturated carbocycles. The standard InChI is InChI=1S/C24H26FN3O6S/c1-27-24(30)22-19-11-18(14-2-3-14)16(13-35(31,32)28-8-9-33-21(29)12-26)10-20(19)34-23(22)15-4-6-17(25)7-5-15/h4-7,10-11,14,28H,2-3,8-9,12-13,26H2,1H3,(H,27,30). The van der Waals surface area contributed by atoms with Gasteiger partial charge in [-0.05, 0) is 66.3 Å². The summed E-state index contributed by atoms with van der Waals surface area (Å²) in [7, 11) is -2.24. The Balaban J connectivity index is 1.70. The Morgan fingerprint density at radius 3 is 2.54 bits per heavy atom. The second kappa shape index (κ2) is 10.1. The van der Waals surface area contributed by atoms with Crippen LogP contribution in [0.3, 0.4) is 0 Å². The van der Waals surface area contributed by atoms with Gasteiger partial charge in [-0.25, -0.2) is 17.5 Å². The molecule has 1 amide bonds. The molecule has 0 saturated heterocycles. The van der Waals surface area contributed by atoms with Gasteiger partial charge in [0, 0.05) is 24.5 Å². The fourth-order valence-electron chi connectivity index (χ4n) is 3.93. The molecule has 0 atom stereocenters. The van der Waals surface area contributed by atoms with E-state index in [9.17, 15) is 22.4 Å². The van der Waals surface area contributed by atoms with Gasteiger partial charge in [0.2, 0.25) is 10.0 Å². The number of carbonyl (C=O) groups is 2. The molecular weight excluding hydrogens is 477 g/mol. The molecule has 11 heteroatoms. The molecule has 1 fully saturated rings. The molecule has 9 nitrogen and oxygen atoms in total. The van der Waals surface area contributed by atoms with E-state index in [0.29, 0.717) is 27.7 Å². The van der Waals surface area contributed by atoms with Crippen molar-refractivity contribution in [2.45, 2.75) is 24.5 Å². The maximum atomic E-state index is 13.5. The molecule has 0 aliphatic heterocycles. The van der Waals surface area contributed by atoms with Crippen molar-refractivity contribution < 1.29 is 31.6 Å². The predicted molar refractivity (Wildman–Crippen MR) is 128 cm³/mol. The fourth-order valence-corrected chi connectivity index (χ4v) is 5.09. The number of benzene rings is 2. The number of furan rings is 1. The molecule has 2 aromatic carbocycles. The van der Waals surface area contributed by atoms with E-state index in [-0.39, 0.29) is 43.0 Å². The maximum Gasteiger partial charge on any atom is 0.319 e. The molecule has 4 N–H and O–H groups in total. The average molecular weight is 504 g/mol. The van der Waals surface area contributed by atoms with E-state index in [4.69, 9.17) is 14.9 Å². The molecule has 1 aromatic heterocycles. The number of carbonyl (C=O) groups excluding carboxylic acids is 2. The van der Waals surface area contributed by atoms with Crippen molar-refractivity contribution in [1.82, 2.24) is 10.0 Å². The number of rotatable bonds is 10. The first-order valence-corrected chi connectivity index (χ1v) is 12.8. The summed E-state index contributed by atoms with van der Waals surface area (Å²) in [6, 6.07) is 9.07. The Morgan fingerprint density at radius 1 is 1.20 bits per heavy atom. The molecule has 0 spiro atoms. The zero-order valence-corrected chi connectivity index (χ0v) is 19.9. The van der Waals surface area contributed by atoms with Gasteiger partial charge in [-0.3, -0.25) is 9.59 Å². The highest BCUT2D eigenvalue weighted by Crippen LogP contribution is 2.45. The lowest BCUT2D eigenvalue weighted by atomic mass is 9.98. The summed E-state index contributed by atoms with van der Waals surface area (Å²) in [6.45, 7) is -0.484. The maximum absolute atomic E-state index is 13.5. The first kappa shape index (κ1) is 24.8. The first-order valence-electron chi connectivity index (χ1n) is 11.1. The summed E-state index contributed by atoms with van der Waals surface area (Å²) in [5.41, 5.74) is 7.76. The molecule has 1 aliphatic rings. The lowest BCUT2D eigenvalue weighted by Gasteiger charge is -2.11. The van der Waals surface area contributed by atoms with Gasteiger partial charge in [-0.15, -0.1) is 0 Å². The van der Waals surface area contributed by atoms with Crippen molar-refractivity contribution >= 4 is 32.9 Å². The molecule has 1 aliphatic carbocycles. The average Bonchev–Trinajstić information content (AvgIpc) is 3.61. The van der Waals surface area contributed by atoms with Crippen LogP contribution in [0.4, 0.5) is 4.39 Å². The van der Waals surface area contributed by atoms with Crippen molar-refractivity contribution in [3.8, 4) is 11.3 Å². The van der Waals surface area contributed by atoms with E-state index in [0.717, 1.165) is 18.4 Å². The van der Waals surface area contributed by atoms with Gasteiger partial charge in [0.25, 0.3) is 5.91 Å². The lowest BCUT2D eigenvalue weighted by molar-refractivity contribution is -0.141. The number of sulfonamides is 1. The largest absolute Gasteiger partial charge is 0.463 e. The summed E-state index contributed by atoms with van der Waals surface area (Å²) in [4.78, 5) is 23.9. The predicted octanol–water partition coefficient (Wildman–Crippen LogP) is 2.40. The third-order valence-electron chi connectivity index (χ3n) is 5.73. The van der Waals surface area contributed by atoms with Crippen LogP contribution in [0, 0.1) is 5.82 Å². The lowest BCUT2D eigenvalue weighted by Crippen LogP contribution is -2.30. The Bertz CT molecular complexity index is 1360. The van der Waals surface area contributed by atoms with Gasteiger partial charge in [0.1, 0.15) is 23.8 Å². The fraction of sp³-hybridized carbons (Fsp3) is 0.333. The van der Waals surface area contributed by atoms with E-state index in [2.05, 4.69) is 10.0 Å². The molecule has 0 radical (unpaired) electrons. The van der Waals surface area contributed by atoms with E-state index >= 15 is 0 Å². The molecule has 0 unspecified atom stereocenters. The molecule has 4 rings (SSSR count). The Morgan fingerprint density at radius 2 is 1.91 bits per heavy atom. The number of esters is 1. The summed E-state index contributed by atoms with van der Waals surface area (Å²) >= 11 is 0. The van der Waals surface area contributed by atoms with E-state index in [1.807, 2.05) is 6.07 Å². The van der Waals surface area contributed by atoms with Crippen LogP contribution in [-0.4, -0.2) is 47.0 Å². The van der Waals surface area contributed by atoms with Crippen LogP contribution < -0.4 is 15.8 Å². The number of hydrogen-bond acceptors (Lipinski definition) is 7. The van der Waals surface area contributed by atoms with Gasteiger partial charge < -0.3 is 20.2 Å². The van der Waals surface area contributed by atoms with E-state index in [1.165, 1.54) is 31.3 Å². The summed E-state index contributed by atoms with van der Waals surface area (Å²) in [6.07, 6.45) is 1.83. The van der Waals surface area contributed by atoms with Gasteiger partial charge >= 0.3 is 5.97 Å². The third-order valence-corrected chi connectivity index (χ3v) is 7.06. The highest BCUT2D eigenvalue weighted by atomic mass is 32.2.